The molecule has 1 heterocycles. The van der Waals surface area contributed by atoms with Crippen LogP contribution in [0.4, 0.5) is 4.79 Å². The maximum atomic E-state index is 11.8. The van der Waals surface area contributed by atoms with Crippen LogP contribution >= 0.6 is 11.8 Å². The van der Waals surface area contributed by atoms with E-state index in [1.165, 1.54) is 22.9 Å². The van der Waals surface area contributed by atoms with Gasteiger partial charge >= 0.3 is 6.09 Å². The summed E-state index contributed by atoms with van der Waals surface area (Å²) in [7, 11) is 0. The molecule has 130 valence electrons. The fourth-order valence-electron chi connectivity index (χ4n) is 1.91. The van der Waals surface area contributed by atoms with Gasteiger partial charge in [-0.2, -0.15) is 0 Å². The van der Waals surface area contributed by atoms with Gasteiger partial charge < -0.3 is 14.5 Å². The highest BCUT2D eigenvalue weighted by atomic mass is 32.2. The van der Waals surface area contributed by atoms with Crippen LogP contribution in [-0.4, -0.2) is 21.9 Å². The van der Waals surface area contributed by atoms with Crippen molar-refractivity contribution >= 4 is 17.9 Å². The van der Waals surface area contributed by atoms with Crippen molar-refractivity contribution in [2.45, 2.75) is 57.2 Å². The number of benzene rings is 1. The van der Waals surface area contributed by atoms with Gasteiger partial charge in [0.2, 0.25) is 5.89 Å². The monoisotopic (exact) mass is 349 g/mol. The number of aromatic nitrogens is 2. The molecule has 6 nitrogen and oxygen atoms in total. The zero-order valence-electron chi connectivity index (χ0n) is 14.6. The van der Waals surface area contributed by atoms with Crippen LogP contribution in [0.2, 0.25) is 0 Å². The lowest BCUT2D eigenvalue weighted by Gasteiger charge is -2.20. The number of carbonyl (C=O) groups excluding carboxylic acids is 1. The zero-order valence-corrected chi connectivity index (χ0v) is 15.4. The van der Waals surface area contributed by atoms with Gasteiger partial charge in [0.1, 0.15) is 11.6 Å². The fraction of sp³-hybridized carbons (Fsp3) is 0.471. The third-order valence-corrected chi connectivity index (χ3v) is 4.01. The maximum Gasteiger partial charge on any atom is 0.408 e. The van der Waals surface area contributed by atoms with Gasteiger partial charge in [0, 0.05) is 5.75 Å². The van der Waals surface area contributed by atoms with Crippen molar-refractivity contribution in [3.63, 3.8) is 0 Å². The summed E-state index contributed by atoms with van der Waals surface area (Å²) in [5.41, 5.74) is 1.90. The summed E-state index contributed by atoms with van der Waals surface area (Å²) in [5, 5.41) is 11.2. The smallest absolute Gasteiger partial charge is 0.408 e. The van der Waals surface area contributed by atoms with Crippen molar-refractivity contribution in [3.8, 4) is 0 Å². The van der Waals surface area contributed by atoms with Crippen LogP contribution in [0.1, 0.15) is 50.8 Å². The second kappa shape index (κ2) is 7.70. The number of thioether (sulfide) groups is 1. The van der Waals surface area contributed by atoms with Crippen LogP contribution in [0.5, 0.6) is 0 Å². The number of hydrogen-bond acceptors (Lipinski definition) is 6. The molecule has 24 heavy (non-hydrogen) atoms. The SMILES string of the molecule is Cc1ccccc1CSc1nnc(C(C)NC(=O)OC(C)(C)C)o1. The molecule has 1 N–H and O–H groups in total. The van der Waals surface area contributed by atoms with Crippen molar-refractivity contribution in [2.24, 2.45) is 0 Å². The van der Waals surface area contributed by atoms with E-state index in [0.717, 1.165) is 5.75 Å². The van der Waals surface area contributed by atoms with Gasteiger partial charge in [0.15, 0.2) is 0 Å². The third kappa shape index (κ3) is 5.56. The molecule has 0 radical (unpaired) electrons. The molecular formula is C17H23N3O3S. The lowest BCUT2D eigenvalue weighted by Crippen LogP contribution is -2.34. The molecule has 0 bridgehead atoms. The van der Waals surface area contributed by atoms with E-state index < -0.39 is 17.7 Å². The van der Waals surface area contributed by atoms with E-state index in [9.17, 15) is 4.79 Å². The Morgan fingerprint density at radius 2 is 2.04 bits per heavy atom. The van der Waals surface area contributed by atoms with Gasteiger partial charge in [-0.15, -0.1) is 10.2 Å². The van der Waals surface area contributed by atoms with Crippen LogP contribution in [0.3, 0.4) is 0 Å². The van der Waals surface area contributed by atoms with Gasteiger partial charge in [-0.05, 0) is 45.7 Å². The van der Waals surface area contributed by atoms with Gasteiger partial charge in [-0.3, -0.25) is 0 Å². The average Bonchev–Trinajstić information content (AvgIpc) is 2.93. The van der Waals surface area contributed by atoms with Crippen LogP contribution in [0.25, 0.3) is 0 Å². The summed E-state index contributed by atoms with van der Waals surface area (Å²) in [4.78, 5) is 11.8. The number of aryl methyl sites for hydroxylation is 1. The molecule has 0 fully saturated rings. The van der Waals surface area contributed by atoms with E-state index in [-0.39, 0.29) is 0 Å². The summed E-state index contributed by atoms with van der Waals surface area (Å²) in [5.74, 6) is 1.11. The molecule has 0 aliphatic heterocycles. The Morgan fingerprint density at radius 1 is 1.33 bits per heavy atom. The summed E-state index contributed by atoms with van der Waals surface area (Å²) in [6, 6.07) is 7.75. The molecule has 0 saturated carbocycles. The molecule has 0 spiro atoms. The number of rotatable bonds is 5. The number of amides is 1. The maximum absolute atomic E-state index is 11.8. The third-order valence-electron chi connectivity index (χ3n) is 3.14. The Kier molecular flexibility index (Phi) is 5.88. The summed E-state index contributed by atoms with van der Waals surface area (Å²) in [6.45, 7) is 9.27. The van der Waals surface area contributed by atoms with E-state index in [4.69, 9.17) is 9.15 Å². The molecular weight excluding hydrogens is 326 g/mol. The molecule has 2 aromatic rings. The first kappa shape index (κ1) is 18.3. The second-order valence-corrected chi connectivity index (χ2v) is 7.42. The van der Waals surface area contributed by atoms with Crippen LogP contribution in [0.15, 0.2) is 33.9 Å². The molecule has 0 saturated heterocycles. The molecule has 0 aliphatic carbocycles. The Balaban J connectivity index is 1.90. The lowest BCUT2D eigenvalue weighted by atomic mass is 10.1. The van der Waals surface area contributed by atoms with Crippen molar-refractivity contribution in [1.82, 2.24) is 15.5 Å². The Hall–Kier alpha value is -2.02. The Labute approximate surface area is 146 Å². The van der Waals surface area contributed by atoms with Gasteiger partial charge in [0.05, 0.1) is 0 Å². The highest BCUT2D eigenvalue weighted by Crippen LogP contribution is 2.24. The highest BCUT2D eigenvalue weighted by molar-refractivity contribution is 7.98. The predicted octanol–water partition coefficient (Wildman–Crippen LogP) is 4.26. The van der Waals surface area contributed by atoms with Gasteiger partial charge in [0.25, 0.3) is 5.22 Å². The molecule has 1 aromatic carbocycles. The molecule has 7 heteroatoms. The molecule has 1 unspecified atom stereocenters. The topological polar surface area (TPSA) is 77.2 Å². The Morgan fingerprint density at radius 3 is 2.71 bits per heavy atom. The van der Waals surface area contributed by atoms with E-state index in [1.807, 2.05) is 32.9 Å². The quantitative estimate of drug-likeness (QED) is 0.813. The minimum absolute atomic E-state index is 0.355. The molecule has 1 aromatic heterocycles. The highest BCUT2D eigenvalue weighted by Gasteiger charge is 2.21. The number of alkyl carbamates (subject to hydrolysis) is 1. The first-order valence-corrected chi connectivity index (χ1v) is 8.73. The summed E-state index contributed by atoms with van der Waals surface area (Å²) in [6.07, 6.45) is -0.512. The van der Waals surface area contributed by atoms with Crippen molar-refractivity contribution in [1.29, 1.82) is 0 Å². The minimum atomic E-state index is -0.548. The van der Waals surface area contributed by atoms with Crippen molar-refractivity contribution in [2.75, 3.05) is 0 Å². The number of carbonyl (C=O) groups is 1. The second-order valence-electron chi connectivity index (χ2n) is 6.49. The first-order valence-electron chi connectivity index (χ1n) is 7.75. The van der Waals surface area contributed by atoms with E-state index >= 15 is 0 Å². The van der Waals surface area contributed by atoms with Gasteiger partial charge in [-0.1, -0.05) is 36.0 Å². The van der Waals surface area contributed by atoms with Crippen LogP contribution in [0, 0.1) is 6.92 Å². The zero-order chi connectivity index (χ0) is 17.7. The number of ether oxygens (including phenoxy) is 1. The van der Waals surface area contributed by atoms with Crippen LogP contribution < -0.4 is 5.32 Å². The van der Waals surface area contributed by atoms with Crippen molar-refractivity contribution < 1.29 is 13.9 Å². The van der Waals surface area contributed by atoms with Gasteiger partial charge in [-0.25, -0.2) is 4.79 Å². The number of hydrogen-bond donors (Lipinski definition) is 1. The number of nitrogens with one attached hydrogen (secondary N) is 1. The van der Waals surface area contributed by atoms with E-state index in [2.05, 4.69) is 34.6 Å². The largest absolute Gasteiger partial charge is 0.444 e. The molecule has 1 amide bonds. The van der Waals surface area contributed by atoms with E-state index in [0.29, 0.717) is 11.1 Å². The van der Waals surface area contributed by atoms with Crippen molar-refractivity contribution in [3.05, 3.63) is 41.3 Å². The normalized spacial score (nSPS) is 12.7. The minimum Gasteiger partial charge on any atom is -0.444 e. The fourth-order valence-corrected chi connectivity index (χ4v) is 2.76. The summed E-state index contributed by atoms with van der Waals surface area (Å²) < 4.78 is 10.8. The van der Waals surface area contributed by atoms with E-state index in [1.54, 1.807) is 6.92 Å². The standard InChI is InChI=1S/C17H23N3O3S/c1-11-8-6-7-9-13(11)10-24-16-20-19-14(22-16)12(2)18-15(21)23-17(3,4)5/h6-9,12H,10H2,1-5H3,(H,18,21). The average molecular weight is 349 g/mol. The molecule has 1 atom stereocenters. The summed E-state index contributed by atoms with van der Waals surface area (Å²) >= 11 is 1.47. The molecule has 0 aliphatic rings. The first-order chi connectivity index (χ1) is 11.2. The Bertz CT molecular complexity index is 694. The number of nitrogens with zero attached hydrogens (tertiary/aromatic N) is 2. The predicted molar refractivity (Wildman–Crippen MR) is 92.8 cm³/mol. The van der Waals surface area contributed by atoms with Crippen LogP contribution in [-0.2, 0) is 10.5 Å². The molecule has 2 rings (SSSR count). The lowest BCUT2D eigenvalue weighted by molar-refractivity contribution is 0.0500.